The van der Waals surface area contributed by atoms with Gasteiger partial charge in [0.25, 0.3) is 0 Å². The Labute approximate surface area is 366 Å². The van der Waals surface area contributed by atoms with Crippen LogP contribution >= 0.6 is 0 Å². The molecule has 1 amide bonds. The fraction of sp³-hybridized carbons (Fsp3) is 0.691. The Morgan fingerprint density at radius 2 is 0.763 bits per heavy atom. The number of aliphatic hydroxyl groups is 2. The van der Waals surface area contributed by atoms with Crippen LogP contribution in [-0.4, -0.2) is 34.9 Å². The summed E-state index contributed by atoms with van der Waals surface area (Å²) in [6.45, 7) is 4.18. The third-order valence-corrected chi connectivity index (χ3v) is 10.8. The Balaban J connectivity index is 3.67. The van der Waals surface area contributed by atoms with Crippen molar-refractivity contribution in [1.29, 1.82) is 0 Å². The van der Waals surface area contributed by atoms with E-state index in [0.29, 0.717) is 6.42 Å². The molecular formula is C55H95NO3. The van der Waals surface area contributed by atoms with Gasteiger partial charge in [-0.25, -0.2) is 0 Å². The number of carbonyl (C=O) groups excluding carboxylic acids is 1. The molecule has 0 aromatic rings. The molecule has 0 heterocycles. The maximum atomic E-state index is 12.4. The molecular weight excluding hydrogens is 723 g/mol. The molecule has 2 unspecified atom stereocenters. The first-order valence-corrected chi connectivity index (χ1v) is 25.0. The molecule has 0 aliphatic heterocycles. The zero-order valence-electron chi connectivity index (χ0n) is 38.7. The van der Waals surface area contributed by atoms with Gasteiger partial charge in [0.1, 0.15) is 0 Å². The quantitative estimate of drug-likeness (QED) is 0.0424. The number of rotatable bonds is 44. The van der Waals surface area contributed by atoms with E-state index in [2.05, 4.69) is 104 Å². The lowest BCUT2D eigenvalue weighted by atomic mass is 10.0. The maximum Gasteiger partial charge on any atom is 0.220 e. The summed E-state index contributed by atoms with van der Waals surface area (Å²) in [6, 6.07) is -0.659. The van der Waals surface area contributed by atoms with Crippen LogP contribution in [0.15, 0.2) is 97.2 Å². The van der Waals surface area contributed by atoms with Crippen LogP contribution in [0.1, 0.15) is 226 Å². The van der Waals surface area contributed by atoms with Gasteiger partial charge >= 0.3 is 0 Å². The molecule has 4 nitrogen and oxygen atoms in total. The van der Waals surface area contributed by atoms with Gasteiger partial charge < -0.3 is 15.5 Å². The van der Waals surface area contributed by atoms with E-state index >= 15 is 0 Å². The van der Waals surface area contributed by atoms with Gasteiger partial charge in [-0.15, -0.1) is 0 Å². The Bertz CT molecular complexity index is 1110. The van der Waals surface area contributed by atoms with Gasteiger partial charge in [0, 0.05) is 6.42 Å². The summed E-state index contributed by atoms with van der Waals surface area (Å²) < 4.78 is 0. The van der Waals surface area contributed by atoms with Crippen molar-refractivity contribution in [3.05, 3.63) is 97.2 Å². The number of nitrogens with one attached hydrogen (secondary N) is 1. The highest BCUT2D eigenvalue weighted by atomic mass is 16.3. The molecule has 0 bridgehead atoms. The second-order valence-electron chi connectivity index (χ2n) is 16.5. The van der Waals surface area contributed by atoms with E-state index in [1.807, 2.05) is 6.08 Å². The lowest BCUT2D eigenvalue weighted by Crippen LogP contribution is -2.45. The Morgan fingerprint density at radius 1 is 0.424 bits per heavy atom. The molecule has 0 saturated heterocycles. The van der Waals surface area contributed by atoms with E-state index in [0.717, 1.165) is 83.5 Å². The van der Waals surface area contributed by atoms with Crippen LogP contribution in [0, 0.1) is 0 Å². The summed E-state index contributed by atoms with van der Waals surface area (Å²) in [7, 11) is 0. The summed E-state index contributed by atoms with van der Waals surface area (Å²) in [5, 5.41) is 23.1. The van der Waals surface area contributed by atoms with Gasteiger partial charge in [-0.1, -0.05) is 227 Å². The van der Waals surface area contributed by atoms with Crippen molar-refractivity contribution in [2.24, 2.45) is 0 Å². The molecule has 4 heteroatoms. The fourth-order valence-corrected chi connectivity index (χ4v) is 7.00. The van der Waals surface area contributed by atoms with Crippen molar-refractivity contribution >= 4 is 5.91 Å². The minimum Gasteiger partial charge on any atom is -0.394 e. The van der Waals surface area contributed by atoms with Crippen LogP contribution in [0.25, 0.3) is 0 Å². The standard InChI is InChI=1S/C55H95NO3/c1-3-5-7-9-11-13-15-17-19-21-23-25-27-29-30-32-34-36-38-40-42-44-46-48-50-54(58)53(52-57)56-55(59)51-49-47-45-43-41-39-37-35-33-31-28-26-24-22-20-18-16-14-12-10-8-6-4-2/h6,8,12,14,18,20,24,26,31-34,40,42,48,50,53-54,57-58H,3-5,7,9-11,13,15-17,19,21-23,25,27-30,35-39,41,43-47,49,51-52H2,1-2H3,(H,56,59)/b8-6-,14-12-,20-18-,26-24-,33-31-,34-32+,42-40+,50-48+. The second-order valence-corrected chi connectivity index (χ2v) is 16.5. The number of allylic oxidation sites excluding steroid dienone is 15. The van der Waals surface area contributed by atoms with Crippen molar-refractivity contribution in [2.75, 3.05) is 6.61 Å². The predicted molar refractivity (Wildman–Crippen MR) is 262 cm³/mol. The molecule has 338 valence electrons. The molecule has 2 atom stereocenters. The van der Waals surface area contributed by atoms with Crippen LogP contribution in [0.5, 0.6) is 0 Å². The molecule has 0 fully saturated rings. The molecule has 3 N–H and O–H groups in total. The summed E-state index contributed by atoms with van der Waals surface area (Å²) in [4.78, 5) is 12.4. The number of hydrogen-bond donors (Lipinski definition) is 3. The average Bonchev–Trinajstić information content (AvgIpc) is 3.24. The zero-order valence-corrected chi connectivity index (χ0v) is 38.7. The Kier molecular flexibility index (Phi) is 47.4. The minimum absolute atomic E-state index is 0.0925. The van der Waals surface area contributed by atoms with Gasteiger partial charge in [-0.3, -0.25) is 4.79 Å². The molecule has 0 rings (SSSR count). The second kappa shape index (κ2) is 49.7. The molecule has 0 aromatic heterocycles. The molecule has 0 aliphatic rings. The van der Waals surface area contributed by atoms with Crippen LogP contribution in [0.4, 0.5) is 0 Å². The Hall–Kier alpha value is -2.69. The number of unbranched alkanes of at least 4 members (excludes halogenated alkanes) is 23. The van der Waals surface area contributed by atoms with Gasteiger partial charge in [0.2, 0.25) is 5.91 Å². The molecule has 59 heavy (non-hydrogen) atoms. The third-order valence-electron chi connectivity index (χ3n) is 10.8. The lowest BCUT2D eigenvalue weighted by Gasteiger charge is -2.19. The molecule has 0 spiro atoms. The molecule has 0 aliphatic carbocycles. The van der Waals surface area contributed by atoms with Gasteiger partial charge in [0.05, 0.1) is 18.8 Å². The number of aliphatic hydroxyl groups excluding tert-OH is 2. The third kappa shape index (κ3) is 46.2. The summed E-state index contributed by atoms with van der Waals surface area (Å²) in [5.41, 5.74) is 0. The van der Waals surface area contributed by atoms with Crippen molar-refractivity contribution in [3.8, 4) is 0 Å². The van der Waals surface area contributed by atoms with E-state index in [4.69, 9.17) is 0 Å². The normalized spacial score (nSPS) is 13.8. The minimum atomic E-state index is -0.882. The number of amides is 1. The first-order chi connectivity index (χ1) is 29.2. The van der Waals surface area contributed by atoms with Gasteiger partial charge in [0.15, 0.2) is 0 Å². The average molecular weight is 818 g/mol. The van der Waals surface area contributed by atoms with Gasteiger partial charge in [-0.2, -0.15) is 0 Å². The fourth-order valence-electron chi connectivity index (χ4n) is 7.00. The molecule has 0 radical (unpaired) electrons. The van der Waals surface area contributed by atoms with E-state index in [9.17, 15) is 15.0 Å². The highest BCUT2D eigenvalue weighted by molar-refractivity contribution is 5.76. The van der Waals surface area contributed by atoms with Crippen molar-refractivity contribution in [2.45, 2.75) is 238 Å². The summed E-state index contributed by atoms with van der Waals surface area (Å²) in [5.74, 6) is -0.0925. The smallest absolute Gasteiger partial charge is 0.220 e. The summed E-state index contributed by atoms with van der Waals surface area (Å²) >= 11 is 0. The summed E-state index contributed by atoms with van der Waals surface area (Å²) in [6.07, 6.45) is 73.9. The number of hydrogen-bond acceptors (Lipinski definition) is 3. The van der Waals surface area contributed by atoms with Crippen LogP contribution in [0.3, 0.4) is 0 Å². The molecule has 0 aromatic carbocycles. The van der Waals surface area contributed by atoms with E-state index in [1.54, 1.807) is 6.08 Å². The Morgan fingerprint density at radius 3 is 1.19 bits per heavy atom. The van der Waals surface area contributed by atoms with Crippen LogP contribution in [-0.2, 0) is 4.79 Å². The van der Waals surface area contributed by atoms with E-state index in [1.165, 1.54) is 122 Å². The predicted octanol–water partition coefficient (Wildman–Crippen LogP) is 16.2. The van der Waals surface area contributed by atoms with Crippen LogP contribution < -0.4 is 5.32 Å². The van der Waals surface area contributed by atoms with Gasteiger partial charge in [-0.05, 0) is 89.9 Å². The molecule has 0 saturated carbocycles. The van der Waals surface area contributed by atoms with Crippen molar-refractivity contribution in [3.63, 3.8) is 0 Å². The highest BCUT2D eigenvalue weighted by Gasteiger charge is 2.17. The van der Waals surface area contributed by atoms with E-state index in [-0.39, 0.29) is 12.5 Å². The maximum absolute atomic E-state index is 12.4. The van der Waals surface area contributed by atoms with Crippen molar-refractivity contribution < 1.29 is 15.0 Å². The monoisotopic (exact) mass is 818 g/mol. The zero-order chi connectivity index (χ0) is 42.8. The van der Waals surface area contributed by atoms with Crippen LogP contribution in [0.2, 0.25) is 0 Å². The van der Waals surface area contributed by atoms with E-state index < -0.39 is 12.1 Å². The van der Waals surface area contributed by atoms with Crippen molar-refractivity contribution in [1.82, 2.24) is 5.32 Å². The topological polar surface area (TPSA) is 69.6 Å². The number of carbonyl (C=O) groups is 1. The first kappa shape index (κ1) is 56.3. The largest absolute Gasteiger partial charge is 0.394 e. The lowest BCUT2D eigenvalue weighted by molar-refractivity contribution is -0.123. The highest BCUT2D eigenvalue weighted by Crippen LogP contribution is 2.14. The first-order valence-electron chi connectivity index (χ1n) is 25.0. The SMILES string of the molecule is CC/C=C\C/C=C\C/C=C\C/C=C\C/C=C\CCCCCCCCCC(=O)NC(CO)C(O)/C=C/CC/C=C/CC/C=C/CCCCCCCCCCCCCCCC.